The van der Waals surface area contributed by atoms with Gasteiger partial charge in [0.1, 0.15) is 15.6 Å². The summed E-state index contributed by atoms with van der Waals surface area (Å²) in [6.45, 7) is 1.85. The number of hydrogen-bond donors (Lipinski definition) is 1. The minimum Gasteiger partial charge on any atom is -0.365 e. The molecule has 2 heterocycles. The van der Waals surface area contributed by atoms with E-state index in [1.165, 1.54) is 17.5 Å². The third kappa shape index (κ3) is 1.99. The lowest BCUT2D eigenvalue weighted by Gasteiger charge is -1.93. The van der Waals surface area contributed by atoms with Crippen LogP contribution in [0.5, 0.6) is 0 Å². The quantitative estimate of drug-likeness (QED) is 0.818. The van der Waals surface area contributed by atoms with Crippen molar-refractivity contribution in [2.75, 3.05) is 0 Å². The molecule has 0 spiro atoms. The van der Waals surface area contributed by atoms with Gasteiger partial charge in [-0.3, -0.25) is 4.79 Å². The zero-order chi connectivity index (χ0) is 10.8. The van der Waals surface area contributed by atoms with Crippen molar-refractivity contribution >= 4 is 17.2 Å². The van der Waals surface area contributed by atoms with Crippen molar-refractivity contribution < 1.29 is 4.79 Å². The van der Waals surface area contributed by atoms with Crippen LogP contribution in [0.15, 0.2) is 18.3 Å². The Balaban J connectivity index is 2.37. The molecule has 0 saturated carbocycles. The van der Waals surface area contributed by atoms with Crippen LogP contribution in [-0.4, -0.2) is 21.1 Å². The molecule has 0 bridgehead atoms. The number of nitrogens with two attached hydrogens (primary N) is 1. The molecule has 76 valence electrons. The van der Waals surface area contributed by atoms with Gasteiger partial charge >= 0.3 is 0 Å². The van der Waals surface area contributed by atoms with Crippen LogP contribution >= 0.6 is 11.3 Å². The van der Waals surface area contributed by atoms with E-state index in [1.54, 1.807) is 0 Å². The maximum atomic E-state index is 10.9. The number of thiazole rings is 1. The highest BCUT2D eigenvalue weighted by Crippen LogP contribution is 2.22. The van der Waals surface area contributed by atoms with Gasteiger partial charge in [0, 0.05) is 0 Å². The summed E-state index contributed by atoms with van der Waals surface area (Å²) in [6.07, 6.45) is 1.45. The summed E-state index contributed by atoms with van der Waals surface area (Å²) in [4.78, 5) is 15.3. The fourth-order valence-electron chi connectivity index (χ4n) is 1.02. The Hall–Kier alpha value is -1.82. The molecule has 5 nitrogen and oxygen atoms in total. The second-order valence-corrected chi connectivity index (χ2v) is 3.98. The van der Waals surface area contributed by atoms with E-state index in [0.717, 1.165) is 5.69 Å². The van der Waals surface area contributed by atoms with Crippen molar-refractivity contribution in [2.24, 2.45) is 5.73 Å². The Morgan fingerprint density at radius 2 is 2.20 bits per heavy atom. The van der Waals surface area contributed by atoms with Crippen molar-refractivity contribution in [3.8, 4) is 10.7 Å². The summed E-state index contributed by atoms with van der Waals surface area (Å²) in [6, 6.07) is 3.65. The molecule has 0 radical (unpaired) electrons. The van der Waals surface area contributed by atoms with Crippen molar-refractivity contribution in [3.63, 3.8) is 0 Å². The minimum atomic E-state index is -0.473. The van der Waals surface area contributed by atoms with E-state index in [9.17, 15) is 4.79 Å². The van der Waals surface area contributed by atoms with Gasteiger partial charge < -0.3 is 5.73 Å². The lowest BCUT2D eigenvalue weighted by molar-refractivity contribution is 0.100. The molecule has 0 aliphatic carbocycles. The molecule has 2 aromatic heterocycles. The monoisotopic (exact) mass is 220 g/mol. The maximum Gasteiger partial charge on any atom is 0.260 e. The summed E-state index contributed by atoms with van der Waals surface area (Å²) in [5.41, 5.74) is 6.61. The third-order valence-electron chi connectivity index (χ3n) is 1.77. The smallest absolute Gasteiger partial charge is 0.260 e. The third-order valence-corrected chi connectivity index (χ3v) is 2.80. The van der Waals surface area contributed by atoms with Gasteiger partial charge in [0.2, 0.25) is 0 Å². The fourth-order valence-corrected chi connectivity index (χ4v) is 1.75. The SMILES string of the molecule is Cc1ccc(-c2ncc(C(N)=O)s2)nn1. The van der Waals surface area contributed by atoms with Crippen LogP contribution in [0.4, 0.5) is 0 Å². The van der Waals surface area contributed by atoms with E-state index < -0.39 is 5.91 Å². The molecule has 0 aromatic carbocycles. The fraction of sp³-hybridized carbons (Fsp3) is 0.111. The average Bonchev–Trinajstić information content (AvgIpc) is 2.68. The number of primary amides is 1. The summed E-state index contributed by atoms with van der Waals surface area (Å²) in [7, 11) is 0. The number of nitrogens with zero attached hydrogens (tertiary/aromatic N) is 3. The number of aromatic nitrogens is 3. The van der Waals surface area contributed by atoms with Crippen LogP contribution in [-0.2, 0) is 0 Å². The van der Waals surface area contributed by atoms with E-state index in [1.807, 2.05) is 19.1 Å². The van der Waals surface area contributed by atoms with Crippen LogP contribution in [0.3, 0.4) is 0 Å². The van der Waals surface area contributed by atoms with Crippen LogP contribution < -0.4 is 5.73 Å². The second kappa shape index (κ2) is 3.74. The van der Waals surface area contributed by atoms with Gasteiger partial charge in [-0.1, -0.05) is 0 Å². The molecule has 0 aliphatic rings. The number of rotatable bonds is 2. The van der Waals surface area contributed by atoms with Crippen molar-refractivity contribution in [2.45, 2.75) is 6.92 Å². The van der Waals surface area contributed by atoms with Gasteiger partial charge in [-0.2, -0.15) is 5.10 Å². The topological polar surface area (TPSA) is 81.8 Å². The summed E-state index contributed by atoms with van der Waals surface area (Å²) in [5.74, 6) is -0.473. The number of aryl methyl sites for hydroxylation is 1. The largest absolute Gasteiger partial charge is 0.365 e. The second-order valence-electron chi connectivity index (χ2n) is 2.95. The lowest BCUT2D eigenvalue weighted by atomic mass is 10.3. The maximum absolute atomic E-state index is 10.9. The van der Waals surface area contributed by atoms with E-state index in [-0.39, 0.29) is 0 Å². The minimum absolute atomic E-state index is 0.423. The van der Waals surface area contributed by atoms with E-state index in [2.05, 4.69) is 15.2 Å². The first kappa shape index (κ1) is 9.72. The molecule has 2 N–H and O–H groups in total. The Morgan fingerprint density at radius 1 is 1.40 bits per heavy atom. The van der Waals surface area contributed by atoms with Gasteiger partial charge in [0.05, 0.1) is 11.9 Å². The van der Waals surface area contributed by atoms with Crippen LogP contribution in [0, 0.1) is 6.92 Å². The number of carbonyl (C=O) groups is 1. The molecular weight excluding hydrogens is 212 g/mol. The zero-order valence-corrected chi connectivity index (χ0v) is 8.78. The highest BCUT2D eigenvalue weighted by atomic mass is 32.1. The van der Waals surface area contributed by atoms with Crippen LogP contribution in [0.25, 0.3) is 10.7 Å². The van der Waals surface area contributed by atoms with Gasteiger partial charge in [-0.25, -0.2) is 4.98 Å². The summed E-state index contributed by atoms with van der Waals surface area (Å²) < 4.78 is 0. The summed E-state index contributed by atoms with van der Waals surface area (Å²) in [5, 5.41) is 8.53. The van der Waals surface area contributed by atoms with Gasteiger partial charge in [0.25, 0.3) is 5.91 Å². The Labute approximate surface area is 90.0 Å². The predicted octanol–water partition coefficient (Wildman–Crippen LogP) is 1.01. The van der Waals surface area contributed by atoms with E-state index in [0.29, 0.717) is 15.6 Å². The number of carbonyl (C=O) groups excluding carboxylic acids is 1. The molecule has 6 heteroatoms. The average molecular weight is 220 g/mol. The first-order chi connectivity index (χ1) is 7.16. The molecule has 0 aliphatic heterocycles. The van der Waals surface area contributed by atoms with Crippen molar-refractivity contribution in [3.05, 3.63) is 28.9 Å². The molecule has 2 aromatic rings. The van der Waals surface area contributed by atoms with Gasteiger partial charge in [0.15, 0.2) is 0 Å². The standard InChI is InChI=1S/C9H8N4OS/c1-5-2-3-6(13-12-5)9-11-4-7(15-9)8(10)14/h2-4H,1H3,(H2,10,14). The molecule has 0 saturated heterocycles. The Bertz CT molecular complexity index is 491. The molecular formula is C9H8N4OS. The zero-order valence-electron chi connectivity index (χ0n) is 7.97. The normalized spacial score (nSPS) is 10.2. The van der Waals surface area contributed by atoms with Gasteiger partial charge in [-0.15, -0.1) is 16.4 Å². The summed E-state index contributed by atoms with van der Waals surface area (Å²) >= 11 is 1.21. The first-order valence-electron chi connectivity index (χ1n) is 4.23. The Kier molecular flexibility index (Phi) is 2.42. The number of amides is 1. The molecule has 2 rings (SSSR count). The van der Waals surface area contributed by atoms with Crippen molar-refractivity contribution in [1.29, 1.82) is 0 Å². The highest BCUT2D eigenvalue weighted by Gasteiger charge is 2.09. The molecule has 0 fully saturated rings. The first-order valence-corrected chi connectivity index (χ1v) is 5.05. The highest BCUT2D eigenvalue weighted by molar-refractivity contribution is 7.16. The van der Waals surface area contributed by atoms with Gasteiger partial charge in [-0.05, 0) is 19.1 Å². The molecule has 15 heavy (non-hydrogen) atoms. The lowest BCUT2D eigenvalue weighted by Crippen LogP contribution is -2.08. The van der Waals surface area contributed by atoms with E-state index in [4.69, 9.17) is 5.73 Å². The Morgan fingerprint density at radius 3 is 2.73 bits per heavy atom. The molecule has 0 unspecified atom stereocenters. The number of hydrogen-bond acceptors (Lipinski definition) is 5. The molecule has 1 amide bonds. The van der Waals surface area contributed by atoms with Crippen LogP contribution in [0.1, 0.15) is 15.4 Å². The van der Waals surface area contributed by atoms with Crippen LogP contribution in [0.2, 0.25) is 0 Å². The van der Waals surface area contributed by atoms with Crippen molar-refractivity contribution in [1.82, 2.24) is 15.2 Å². The van der Waals surface area contributed by atoms with E-state index >= 15 is 0 Å². The molecule has 0 atom stereocenters. The predicted molar refractivity (Wildman–Crippen MR) is 56.4 cm³/mol.